The number of benzene rings is 3. The summed E-state index contributed by atoms with van der Waals surface area (Å²) in [5.74, 6) is 0.654. The largest absolute Gasteiger partial charge is 0.505 e. The molecule has 0 aromatic heterocycles. The number of anilines is 1. The van der Waals surface area contributed by atoms with Gasteiger partial charge < -0.3 is 15.2 Å². The molecule has 3 aromatic carbocycles. The Morgan fingerprint density at radius 2 is 1.54 bits per heavy atom. The quantitative estimate of drug-likeness (QED) is 0.455. The van der Waals surface area contributed by atoms with Gasteiger partial charge in [0.25, 0.3) is 0 Å². The van der Waals surface area contributed by atoms with E-state index in [-0.39, 0.29) is 15.8 Å². The number of phenolic OH excluding ortho intramolecular Hbond substituents is 1. The molecule has 26 heavy (non-hydrogen) atoms. The molecule has 0 atom stereocenters. The number of phenols is 1. The Balaban J connectivity index is 1.62. The normalized spacial score (nSPS) is 10.6. The highest BCUT2D eigenvalue weighted by atomic mass is 35.5. The molecule has 0 saturated heterocycles. The van der Waals surface area contributed by atoms with Crippen LogP contribution in [0.3, 0.4) is 0 Å². The van der Waals surface area contributed by atoms with Gasteiger partial charge >= 0.3 is 0 Å². The Morgan fingerprint density at radius 3 is 2.27 bits per heavy atom. The topological polar surface area (TPSA) is 41.5 Å². The molecule has 2 N–H and O–H groups in total. The summed E-state index contributed by atoms with van der Waals surface area (Å²) in [7, 11) is 0. The van der Waals surface area contributed by atoms with Crippen molar-refractivity contribution >= 4 is 40.5 Å². The molecule has 3 rings (SSSR count). The maximum Gasteiger partial charge on any atom is 0.152 e. The average molecular weight is 409 g/mol. The second kappa shape index (κ2) is 8.54. The van der Waals surface area contributed by atoms with Crippen molar-refractivity contribution in [1.82, 2.24) is 0 Å². The van der Waals surface area contributed by atoms with Gasteiger partial charge in [0.1, 0.15) is 12.4 Å². The van der Waals surface area contributed by atoms with Gasteiger partial charge in [0.15, 0.2) is 5.75 Å². The van der Waals surface area contributed by atoms with E-state index in [4.69, 9.17) is 39.5 Å². The molecule has 0 aliphatic heterocycles. The summed E-state index contributed by atoms with van der Waals surface area (Å²) in [6.07, 6.45) is 0. The summed E-state index contributed by atoms with van der Waals surface area (Å²) in [5, 5.41) is 13.9. The standard InChI is InChI=1S/C20H16Cl3NO2/c21-15-5-1-4-14(7-15)12-26-17-6-2-3-13(8-17)11-24-16-9-18(22)20(25)19(23)10-16/h1-10,24-25H,11-12H2. The molecule has 6 heteroatoms. The summed E-state index contributed by atoms with van der Waals surface area (Å²) in [5.41, 5.74) is 2.77. The van der Waals surface area contributed by atoms with E-state index in [1.807, 2.05) is 48.5 Å². The van der Waals surface area contributed by atoms with Crippen molar-refractivity contribution in [2.24, 2.45) is 0 Å². The minimum Gasteiger partial charge on any atom is -0.505 e. The number of ether oxygens (including phenoxy) is 1. The van der Waals surface area contributed by atoms with Crippen molar-refractivity contribution in [3.8, 4) is 11.5 Å². The van der Waals surface area contributed by atoms with Crippen molar-refractivity contribution in [3.05, 3.63) is 86.9 Å². The lowest BCUT2D eigenvalue weighted by atomic mass is 10.2. The van der Waals surface area contributed by atoms with Gasteiger partial charge in [0, 0.05) is 17.3 Å². The Bertz CT molecular complexity index is 892. The third-order valence-electron chi connectivity index (χ3n) is 3.71. The van der Waals surface area contributed by atoms with E-state index in [9.17, 15) is 5.11 Å². The van der Waals surface area contributed by atoms with Crippen LogP contribution in [0.5, 0.6) is 11.5 Å². The summed E-state index contributed by atoms with van der Waals surface area (Å²) in [6, 6.07) is 18.6. The van der Waals surface area contributed by atoms with E-state index in [2.05, 4.69) is 5.32 Å². The van der Waals surface area contributed by atoms with Crippen LogP contribution in [0.15, 0.2) is 60.7 Å². The van der Waals surface area contributed by atoms with Crippen molar-refractivity contribution in [2.45, 2.75) is 13.2 Å². The summed E-state index contributed by atoms with van der Waals surface area (Å²) >= 11 is 17.9. The van der Waals surface area contributed by atoms with E-state index in [0.29, 0.717) is 18.2 Å². The lowest BCUT2D eigenvalue weighted by Gasteiger charge is -2.11. The molecule has 134 valence electrons. The van der Waals surface area contributed by atoms with Crippen LogP contribution in [0, 0.1) is 0 Å². The molecule has 0 saturated carbocycles. The Morgan fingerprint density at radius 1 is 0.846 bits per heavy atom. The first kappa shape index (κ1) is 18.7. The predicted molar refractivity (Wildman–Crippen MR) is 108 cm³/mol. The highest BCUT2D eigenvalue weighted by Crippen LogP contribution is 2.34. The molecule has 0 heterocycles. The van der Waals surface area contributed by atoms with Crippen molar-refractivity contribution in [3.63, 3.8) is 0 Å². The number of aromatic hydroxyl groups is 1. The first-order chi connectivity index (χ1) is 12.5. The van der Waals surface area contributed by atoms with Gasteiger partial charge in [-0.25, -0.2) is 0 Å². The molecule has 0 aliphatic carbocycles. The zero-order valence-corrected chi connectivity index (χ0v) is 15.9. The molecule has 0 aliphatic rings. The monoisotopic (exact) mass is 407 g/mol. The van der Waals surface area contributed by atoms with Crippen LogP contribution in [0.1, 0.15) is 11.1 Å². The molecule has 3 nitrogen and oxygen atoms in total. The average Bonchev–Trinajstić information content (AvgIpc) is 2.63. The third kappa shape index (κ3) is 4.98. The Kier molecular flexibility index (Phi) is 6.15. The number of rotatable bonds is 6. The zero-order valence-electron chi connectivity index (χ0n) is 13.7. The van der Waals surface area contributed by atoms with Crippen LogP contribution in [0.2, 0.25) is 15.1 Å². The third-order valence-corrected chi connectivity index (χ3v) is 4.52. The summed E-state index contributed by atoms with van der Waals surface area (Å²) in [6.45, 7) is 1.01. The maximum absolute atomic E-state index is 9.61. The number of hydrogen-bond acceptors (Lipinski definition) is 3. The van der Waals surface area contributed by atoms with Gasteiger partial charge in [-0.1, -0.05) is 59.1 Å². The van der Waals surface area contributed by atoms with Gasteiger partial charge in [-0.2, -0.15) is 0 Å². The minimum absolute atomic E-state index is 0.115. The fraction of sp³-hybridized carbons (Fsp3) is 0.100. The van der Waals surface area contributed by atoms with Gasteiger partial charge in [0.2, 0.25) is 0 Å². The highest BCUT2D eigenvalue weighted by molar-refractivity contribution is 6.37. The Labute approximate surface area is 167 Å². The maximum atomic E-state index is 9.61. The fourth-order valence-electron chi connectivity index (χ4n) is 2.41. The predicted octanol–water partition coefficient (Wildman–Crippen LogP) is 6.54. The van der Waals surface area contributed by atoms with E-state index >= 15 is 0 Å². The fourth-order valence-corrected chi connectivity index (χ4v) is 3.11. The molecule has 0 fully saturated rings. The minimum atomic E-state index is -0.115. The lowest BCUT2D eigenvalue weighted by molar-refractivity contribution is 0.306. The molecule has 0 unspecified atom stereocenters. The van der Waals surface area contributed by atoms with E-state index in [0.717, 1.165) is 22.6 Å². The van der Waals surface area contributed by atoms with Crippen LogP contribution in [-0.4, -0.2) is 5.11 Å². The van der Waals surface area contributed by atoms with Crippen LogP contribution < -0.4 is 10.1 Å². The van der Waals surface area contributed by atoms with Crippen molar-refractivity contribution < 1.29 is 9.84 Å². The van der Waals surface area contributed by atoms with Crippen molar-refractivity contribution in [2.75, 3.05) is 5.32 Å². The summed E-state index contributed by atoms with van der Waals surface area (Å²) in [4.78, 5) is 0. The molecule has 0 bridgehead atoms. The molecular formula is C20H16Cl3NO2. The van der Waals surface area contributed by atoms with Crippen LogP contribution in [0.4, 0.5) is 5.69 Å². The molecule has 0 amide bonds. The van der Waals surface area contributed by atoms with Crippen molar-refractivity contribution in [1.29, 1.82) is 0 Å². The van der Waals surface area contributed by atoms with Gasteiger partial charge in [-0.05, 0) is 47.5 Å². The molecule has 3 aromatic rings. The Hall–Kier alpha value is -2.07. The van der Waals surface area contributed by atoms with Crippen LogP contribution in [0.25, 0.3) is 0 Å². The second-order valence-electron chi connectivity index (χ2n) is 5.71. The molecular weight excluding hydrogens is 393 g/mol. The smallest absolute Gasteiger partial charge is 0.152 e. The first-order valence-electron chi connectivity index (χ1n) is 7.89. The van der Waals surface area contributed by atoms with Crippen LogP contribution >= 0.6 is 34.8 Å². The van der Waals surface area contributed by atoms with E-state index < -0.39 is 0 Å². The summed E-state index contributed by atoms with van der Waals surface area (Å²) < 4.78 is 5.83. The molecule has 0 radical (unpaired) electrons. The van der Waals surface area contributed by atoms with Gasteiger partial charge in [-0.15, -0.1) is 0 Å². The lowest BCUT2D eigenvalue weighted by Crippen LogP contribution is -2.01. The zero-order chi connectivity index (χ0) is 18.5. The van der Waals surface area contributed by atoms with Crippen LogP contribution in [-0.2, 0) is 13.2 Å². The van der Waals surface area contributed by atoms with Gasteiger partial charge in [0.05, 0.1) is 10.0 Å². The molecule has 0 spiro atoms. The highest BCUT2D eigenvalue weighted by Gasteiger charge is 2.07. The number of nitrogens with one attached hydrogen (secondary N) is 1. The number of hydrogen-bond donors (Lipinski definition) is 2. The van der Waals surface area contributed by atoms with Gasteiger partial charge in [-0.3, -0.25) is 0 Å². The van der Waals surface area contributed by atoms with E-state index in [1.165, 1.54) is 0 Å². The first-order valence-corrected chi connectivity index (χ1v) is 9.03. The SMILES string of the molecule is Oc1c(Cl)cc(NCc2cccc(OCc3cccc(Cl)c3)c2)cc1Cl. The number of halogens is 3. The van der Waals surface area contributed by atoms with E-state index in [1.54, 1.807) is 12.1 Å². The second-order valence-corrected chi connectivity index (χ2v) is 6.96.